The number of rotatable bonds is 5. The van der Waals surface area contributed by atoms with E-state index in [1.807, 2.05) is 92.0 Å². The third kappa shape index (κ3) is 5.34. The number of carbonyl (C=O) groups is 2. The molecule has 1 amide bonds. The Morgan fingerprint density at radius 2 is 1.70 bits per heavy atom. The van der Waals surface area contributed by atoms with Crippen molar-refractivity contribution in [3.05, 3.63) is 66.5 Å². The quantitative estimate of drug-likeness (QED) is 0.394. The van der Waals surface area contributed by atoms with E-state index in [9.17, 15) is 9.59 Å². The van der Waals surface area contributed by atoms with E-state index in [4.69, 9.17) is 9.47 Å². The van der Waals surface area contributed by atoms with Crippen molar-refractivity contribution in [1.29, 1.82) is 0 Å². The third-order valence-electron chi connectivity index (χ3n) is 6.72. The van der Waals surface area contributed by atoms with E-state index in [-0.39, 0.29) is 5.91 Å². The van der Waals surface area contributed by atoms with Crippen molar-refractivity contribution < 1.29 is 19.1 Å². The second kappa shape index (κ2) is 9.94. The second-order valence-electron chi connectivity index (χ2n) is 10.5. The summed E-state index contributed by atoms with van der Waals surface area (Å²) in [6.45, 7) is 9.93. The van der Waals surface area contributed by atoms with E-state index in [1.165, 1.54) is 4.57 Å². The smallest absolute Gasteiger partial charge is 0.418 e. The van der Waals surface area contributed by atoms with Gasteiger partial charge in [0.2, 0.25) is 0 Å². The molecule has 0 atom stereocenters. The lowest BCUT2D eigenvalue weighted by molar-refractivity contribution is 0.0543. The summed E-state index contributed by atoms with van der Waals surface area (Å²) in [5.41, 5.74) is 2.08. The molecule has 8 heteroatoms. The van der Waals surface area contributed by atoms with Crippen molar-refractivity contribution in [2.75, 3.05) is 39.3 Å². The van der Waals surface area contributed by atoms with Crippen LogP contribution in [0.25, 0.3) is 21.8 Å². The predicted molar refractivity (Wildman–Crippen MR) is 144 cm³/mol. The van der Waals surface area contributed by atoms with Crippen molar-refractivity contribution in [2.45, 2.75) is 26.4 Å². The Hall–Kier alpha value is -3.78. The van der Waals surface area contributed by atoms with Gasteiger partial charge in [-0.1, -0.05) is 18.2 Å². The first kappa shape index (κ1) is 24.9. The number of carbonyl (C=O) groups excluding carboxylic acids is 2. The van der Waals surface area contributed by atoms with Gasteiger partial charge in [0.05, 0.1) is 11.1 Å². The van der Waals surface area contributed by atoms with Gasteiger partial charge in [-0.15, -0.1) is 0 Å². The molecule has 1 aliphatic heterocycles. The summed E-state index contributed by atoms with van der Waals surface area (Å²) in [5, 5.41) is 1.92. The van der Waals surface area contributed by atoms with Crippen LogP contribution in [0, 0.1) is 0 Å². The molecule has 1 aliphatic rings. The number of fused-ring (bicyclic) bond motifs is 2. The molecule has 5 rings (SSSR count). The topological polar surface area (TPSA) is 68.9 Å². The lowest BCUT2D eigenvalue weighted by atomic mass is 10.1. The number of piperazine rings is 1. The van der Waals surface area contributed by atoms with E-state index >= 15 is 0 Å². The van der Waals surface area contributed by atoms with Crippen LogP contribution in [0.2, 0.25) is 0 Å². The Balaban J connectivity index is 1.12. The van der Waals surface area contributed by atoms with Crippen LogP contribution in [0.4, 0.5) is 4.79 Å². The summed E-state index contributed by atoms with van der Waals surface area (Å²) in [6.07, 6.45) is 3.27. The maximum atomic E-state index is 13.2. The molecule has 3 heterocycles. The molecule has 0 unspecified atom stereocenters. The van der Waals surface area contributed by atoms with Crippen molar-refractivity contribution in [2.24, 2.45) is 7.05 Å². The van der Waals surface area contributed by atoms with Gasteiger partial charge in [-0.3, -0.25) is 14.3 Å². The summed E-state index contributed by atoms with van der Waals surface area (Å²) in [6, 6.07) is 15.6. The van der Waals surface area contributed by atoms with Crippen LogP contribution >= 0.6 is 0 Å². The highest BCUT2D eigenvalue weighted by molar-refractivity contribution is 6.07. The average molecular weight is 503 g/mol. The van der Waals surface area contributed by atoms with Crippen molar-refractivity contribution in [1.82, 2.24) is 18.9 Å². The average Bonchev–Trinajstić information content (AvgIpc) is 3.44. The molecular weight excluding hydrogens is 468 g/mol. The van der Waals surface area contributed by atoms with Gasteiger partial charge in [-0.25, -0.2) is 4.79 Å². The summed E-state index contributed by atoms with van der Waals surface area (Å²) in [7, 11) is 1.98. The first-order valence-corrected chi connectivity index (χ1v) is 12.7. The zero-order chi connectivity index (χ0) is 26.2. The molecule has 4 aromatic rings. The van der Waals surface area contributed by atoms with Crippen molar-refractivity contribution in [3.63, 3.8) is 0 Å². The molecule has 1 saturated heterocycles. The summed E-state index contributed by atoms with van der Waals surface area (Å²) in [4.78, 5) is 29.9. The van der Waals surface area contributed by atoms with Gasteiger partial charge >= 0.3 is 6.09 Å². The fourth-order valence-corrected chi connectivity index (χ4v) is 4.83. The molecule has 2 aromatic heterocycles. The van der Waals surface area contributed by atoms with Gasteiger partial charge < -0.3 is 18.9 Å². The zero-order valence-corrected chi connectivity index (χ0v) is 21.9. The summed E-state index contributed by atoms with van der Waals surface area (Å²) >= 11 is 0. The number of aryl methyl sites for hydroxylation is 1. The van der Waals surface area contributed by atoms with Crippen LogP contribution in [-0.4, -0.2) is 75.9 Å². The van der Waals surface area contributed by atoms with Gasteiger partial charge in [-0.2, -0.15) is 0 Å². The standard InChI is InChI=1S/C29H34N4O4/c1-29(2,3)37-28(35)33-12-11-21-19-22(9-10-25(21)33)36-18-17-31-13-15-32(16-14-31)27(34)24-20-30(4)26-8-6-5-7-23(24)26/h5-12,19-20H,13-18H2,1-4H3. The molecule has 8 nitrogen and oxygen atoms in total. The predicted octanol–water partition coefficient (Wildman–Crippen LogP) is 4.75. The molecular formula is C29H34N4O4. The Morgan fingerprint density at radius 1 is 0.946 bits per heavy atom. The number of amides is 1. The van der Waals surface area contributed by atoms with E-state index in [0.717, 1.165) is 52.8 Å². The minimum Gasteiger partial charge on any atom is -0.492 e. The van der Waals surface area contributed by atoms with Crippen LogP contribution in [0.5, 0.6) is 5.75 Å². The molecule has 1 fully saturated rings. The number of ether oxygens (including phenoxy) is 2. The van der Waals surface area contributed by atoms with Crippen LogP contribution in [-0.2, 0) is 11.8 Å². The van der Waals surface area contributed by atoms with Crippen molar-refractivity contribution in [3.8, 4) is 5.75 Å². The minimum absolute atomic E-state index is 0.0966. The number of aromatic nitrogens is 2. The minimum atomic E-state index is -0.550. The SMILES string of the molecule is Cn1cc(C(=O)N2CCN(CCOc3ccc4c(ccn4C(=O)OC(C)(C)C)c3)CC2)c2ccccc21. The monoisotopic (exact) mass is 502 g/mol. The molecule has 37 heavy (non-hydrogen) atoms. The summed E-state index contributed by atoms with van der Waals surface area (Å²) < 4.78 is 15.0. The van der Waals surface area contributed by atoms with E-state index in [0.29, 0.717) is 19.7 Å². The number of hydrogen-bond donors (Lipinski definition) is 0. The molecule has 0 aliphatic carbocycles. The molecule has 2 aromatic carbocycles. The van der Waals surface area contributed by atoms with E-state index in [2.05, 4.69) is 4.90 Å². The highest BCUT2D eigenvalue weighted by atomic mass is 16.6. The molecule has 0 bridgehead atoms. The largest absolute Gasteiger partial charge is 0.492 e. The normalized spacial score (nSPS) is 14.9. The second-order valence-corrected chi connectivity index (χ2v) is 10.5. The first-order chi connectivity index (χ1) is 17.7. The van der Waals surface area contributed by atoms with Gasteiger partial charge in [0.25, 0.3) is 5.91 Å². The molecule has 0 N–H and O–H groups in total. The fourth-order valence-electron chi connectivity index (χ4n) is 4.83. The van der Waals surface area contributed by atoms with Gasteiger partial charge in [0, 0.05) is 68.5 Å². The Kier molecular flexibility index (Phi) is 6.69. The number of nitrogens with zero attached hydrogens (tertiary/aromatic N) is 4. The molecule has 0 saturated carbocycles. The van der Waals surface area contributed by atoms with Crippen LogP contribution in [0.3, 0.4) is 0 Å². The maximum absolute atomic E-state index is 13.2. The van der Waals surface area contributed by atoms with Crippen LogP contribution in [0.15, 0.2) is 60.9 Å². The highest BCUT2D eigenvalue weighted by Gasteiger charge is 2.24. The molecule has 0 spiro atoms. The maximum Gasteiger partial charge on any atom is 0.418 e. The van der Waals surface area contributed by atoms with Gasteiger partial charge in [-0.05, 0) is 51.1 Å². The lowest BCUT2D eigenvalue weighted by Crippen LogP contribution is -2.49. The third-order valence-corrected chi connectivity index (χ3v) is 6.72. The number of benzene rings is 2. The lowest BCUT2D eigenvalue weighted by Gasteiger charge is -2.34. The molecule has 194 valence electrons. The highest BCUT2D eigenvalue weighted by Crippen LogP contribution is 2.24. The Morgan fingerprint density at radius 3 is 2.46 bits per heavy atom. The number of para-hydroxylation sites is 1. The van der Waals surface area contributed by atoms with Crippen LogP contribution in [0.1, 0.15) is 31.1 Å². The van der Waals surface area contributed by atoms with E-state index < -0.39 is 11.7 Å². The van der Waals surface area contributed by atoms with E-state index in [1.54, 1.807) is 6.20 Å². The van der Waals surface area contributed by atoms with Crippen LogP contribution < -0.4 is 4.74 Å². The zero-order valence-electron chi connectivity index (χ0n) is 21.9. The molecule has 0 radical (unpaired) electrons. The Bertz CT molecular complexity index is 1440. The first-order valence-electron chi connectivity index (χ1n) is 12.7. The fraction of sp³-hybridized carbons (Fsp3) is 0.379. The van der Waals surface area contributed by atoms with Crippen molar-refractivity contribution >= 4 is 33.8 Å². The summed E-state index contributed by atoms with van der Waals surface area (Å²) in [5.74, 6) is 0.860. The van der Waals surface area contributed by atoms with Gasteiger partial charge in [0.15, 0.2) is 0 Å². The number of hydrogen-bond acceptors (Lipinski definition) is 5. The van der Waals surface area contributed by atoms with Gasteiger partial charge in [0.1, 0.15) is 18.0 Å². The Labute approximate surface area is 216 Å².